The summed E-state index contributed by atoms with van der Waals surface area (Å²) in [5.74, 6) is -0.354. The van der Waals surface area contributed by atoms with Gasteiger partial charge in [-0.2, -0.15) is 0 Å². The number of nitrogens with zero attached hydrogens (tertiary/aromatic N) is 2. The lowest BCUT2D eigenvalue weighted by atomic mass is 9.94. The Bertz CT molecular complexity index is 1360. The number of ketones is 1. The number of hydrogen-bond acceptors (Lipinski definition) is 7. The van der Waals surface area contributed by atoms with Gasteiger partial charge in [-0.25, -0.2) is 4.57 Å². The Morgan fingerprint density at radius 3 is 2.36 bits per heavy atom. The minimum Gasteiger partial charge on any atom is -0.507 e. The zero-order valence-corrected chi connectivity index (χ0v) is 22.9. The highest BCUT2D eigenvalue weighted by molar-refractivity contribution is 6.46. The number of carbonyl (C=O) groups is 2. The quantitative estimate of drug-likeness (QED) is 0.159. The number of likely N-dealkylation sites (tertiary alicyclic amines) is 1. The molecule has 4 rings (SSSR count). The minimum atomic E-state index is -0.916. The van der Waals surface area contributed by atoms with Crippen molar-refractivity contribution >= 4 is 29.1 Å². The summed E-state index contributed by atoms with van der Waals surface area (Å²) in [4.78, 5) is 31.2. The molecule has 0 spiro atoms. The van der Waals surface area contributed by atoms with Crippen molar-refractivity contribution in [1.82, 2.24) is 9.88 Å². The molecule has 11 heteroatoms. The van der Waals surface area contributed by atoms with Crippen LogP contribution in [-0.2, 0) is 16.1 Å². The van der Waals surface area contributed by atoms with Crippen molar-refractivity contribution in [2.75, 3.05) is 34.5 Å². The summed E-state index contributed by atoms with van der Waals surface area (Å²) in [6.07, 6.45) is 6.04. The number of aromatic amines is 1. The van der Waals surface area contributed by atoms with Gasteiger partial charge >= 0.3 is 0 Å². The highest BCUT2D eigenvalue weighted by Crippen LogP contribution is 2.46. The van der Waals surface area contributed by atoms with Crippen LogP contribution < -0.4 is 23.5 Å². The molecule has 2 aromatic carbocycles. The van der Waals surface area contributed by atoms with Crippen molar-refractivity contribution in [3.63, 3.8) is 0 Å². The molecule has 1 saturated heterocycles. The first-order valence-electron chi connectivity index (χ1n) is 12.4. The molecule has 0 bridgehead atoms. The molecule has 0 saturated carbocycles. The monoisotopic (exact) mass is 556 g/mol. The maximum Gasteiger partial charge on any atom is 0.295 e. The number of rotatable bonds is 11. The van der Waals surface area contributed by atoms with Crippen LogP contribution >= 0.6 is 11.6 Å². The number of methoxy groups -OCH3 is 3. The average Bonchev–Trinajstić information content (AvgIpc) is 3.55. The van der Waals surface area contributed by atoms with Crippen molar-refractivity contribution in [1.29, 1.82) is 0 Å². The number of H-pyrrole nitrogens is 1. The van der Waals surface area contributed by atoms with Gasteiger partial charge in [0.15, 0.2) is 11.5 Å². The van der Waals surface area contributed by atoms with E-state index in [1.165, 1.54) is 32.3 Å². The van der Waals surface area contributed by atoms with Gasteiger partial charge in [0.2, 0.25) is 12.1 Å². The number of aliphatic hydroxyl groups excluding tert-OH is 1. The molecule has 1 fully saturated rings. The summed E-state index contributed by atoms with van der Waals surface area (Å²) in [7, 11) is 4.45. The standard InChI is InChI=1S/C28H30ClN3O7/c1-5-39-20-8-7-17(13-19(20)29)25(33)23-24(18-14-21(36-2)27(38-4)22(15-18)37-3)32(28(35)26(23)34)11-6-10-31-12-9-30-16-31/h7-9,12-16,24H,5-6,10-11H2,1-4H3,(H,33,34)/p+1. The van der Waals surface area contributed by atoms with Crippen LogP contribution in [0.2, 0.25) is 5.02 Å². The van der Waals surface area contributed by atoms with E-state index >= 15 is 0 Å². The molecule has 206 valence electrons. The number of imidazole rings is 1. The normalized spacial score (nSPS) is 16.4. The molecule has 0 aliphatic carbocycles. The Hall–Kier alpha value is -4.18. The second kappa shape index (κ2) is 12.1. The fourth-order valence-corrected chi connectivity index (χ4v) is 4.91. The predicted octanol–water partition coefficient (Wildman–Crippen LogP) is 3.89. The smallest absolute Gasteiger partial charge is 0.295 e. The van der Waals surface area contributed by atoms with Crippen LogP contribution in [0.25, 0.3) is 5.76 Å². The summed E-state index contributed by atoms with van der Waals surface area (Å²) in [5, 5.41) is 11.7. The number of benzene rings is 2. The number of hydrogen-bond donors (Lipinski definition) is 2. The SMILES string of the molecule is CCOc1ccc(/C(O)=C2\C(=O)C(=O)N(CCC[n+]3cc[nH]c3)C2c2cc(OC)c(OC)c(OC)c2)cc1Cl. The number of halogens is 1. The zero-order chi connectivity index (χ0) is 28.1. The molecule has 2 N–H and O–H groups in total. The largest absolute Gasteiger partial charge is 0.507 e. The summed E-state index contributed by atoms with van der Waals surface area (Å²) < 4.78 is 23.9. The van der Waals surface area contributed by atoms with E-state index in [1.807, 2.05) is 17.7 Å². The molecule has 10 nitrogen and oxygen atoms in total. The van der Waals surface area contributed by atoms with E-state index in [2.05, 4.69) is 4.98 Å². The molecule has 1 aromatic heterocycles. The van der Waals surface area contributed by atoms with E-state index in [9.17, 15) is 14.7 Å². The Kier molecular flexibility index (Phi) is 8.65. The fraction of sp³-hybridized carbons (Fsp3) is 0.321. The first-order valence-corrected chi connectivity index (χ1v) is 12.7. The van der Waals surface area contributed by atoms with Gasteiger partial charge in [0.25, 0.3) is 11.7 Å². The summed E-state index contributed by atoms with van der Waals surface area (Å²) in [6.45, 7) is 3.11. The number of amides is 1. The second-order valence-electron chi connectivity index (χ2n) is 8.73. The van der Waals surface area contributed by atoms with E-state index in [1.54, 1.807) is 36.8 Å². The van der Waals surface area contributed by atoms with Crippen molar-refractivity contribution in [2.45, 2.75) is 25.9 Å². The molecular formula is C28H31ClN3O7+. The van der Waals surface area contributed by atoms with Crippen LogP contribution in [0.3, 0.4) is 0 Å². The lowest BCUT2D eigenvalue weighted by Crippen LogP contribution is -2.36. The van der Waals surface area contributed by atoms with Gasteiger partial charge in [0.05, 0.1) is 51.1 Å². The van der Waals surface area contributed by atoms with Gasteiger partial charge in [0, 0.05) is 18.5 Å². The molecule has 1 atom stereocenters. The molecular weight excluding hydrogens is 526 g/mol. The average molecular weight is 557 g/mol. The summed E-state index contributed by atoms with van der Waals surface area (Å²) in [5.41, 5.74) is 0.724. The number of aryl methyl sites for hydroxylation is 1. The topological polar surface area (TPSA) is 114 Å². The lowest BCUT2D eigenvalue weighted by Gasteiger charge is -2.26. The van der Waals surface area contributed by atoms with Crippen LogP contribution in [-0.4, -0.2) is 61.2 Å². The Labute approximate surface area is 231 Å². The van der Waals surface area contributed by atoms with E-state index in [0.717, 1.165) is 0 Å². The zero-order valence-electron chi connectivity index (χ0n) is 22.2. The number of carbonyl (C=O) groups excluding carboxylic acids is 2. The summed E-state index contributed by atoms with van der Waals surface area (Å²) in [6, 6.07) is 7.13. The van der Waals surface area contributed by atoms with Gasteiger partial charge in [-0.15, -0.1) is 0 Å². The van der Waals surface area contributed by atoms with Gasteiger partial charge in [-0.05, 0) is 42.8 Å². The predicted molar refractivity (Wildman–Crippen MR) is 143 cm³/mol. The van der Waals surface area contributed by atoms with Crippen LogP contribution in [0, 0.1) is 0 Å². The second-order valence-corrected chi connectivity index (χ2v) is 9.14. The van der Waals surface area contributed by atoms with Gasteiger partial charge in [-0.3, -0.25) is 14.6 Å². The maximum atomic E-state index is 13.4. The van der Waals surface area contributed by atoms with Crippen LogP contribution in [0.1, 0.15) is 30.5 Å². The van der Waals surface area contributed by atoms with Crippen molar-refractivity contribution in [3.05, 3.63) is 70.8 Å². The highest BCUT2D eigenvalue weighted by Gasteiger charge is 2.46. The molecule has 0 radical (unpaired) electrons. The van der Waals surface area contributed by atoms with Crippen molar-refractivity contribution in [2.24, 2.45) is 0 Å². The molecule has 2 heterocycles. The van der Waals surface area contributed by atoms with Gasteiger partial charge < -0.3 is 29.0 Å². The Morgan fingerprint density at radius 2 is 1.79 bits per heavy atom. The van der Waals surface area contributed by atoms with E-state index in [-0.39, 0.29) is 28.5 Å². The number of Topliss-reactive ketones (excluding diaryl/α,β-unsaturated/α-hetero) is 1. The maximum absolute atomic E-state index is 13.4. The molecule has 1 aliphatic heterocycles. The van der Waals surface area contributed by atoms with Crippen LogP contribution in [0.4, 0.5) is 0 Å². The molecule has 1 amide bonds. The minimum absolute atomic E-state index is 0.0659. The molecule has 1 unspecified atom stereocenters. The number of aliphatic hydroxyl groups is 1. The fourth-order valence-electron chi connectivity index (χ4n) is 4.68. The third-order valence-corrected chi connectivity index (χ3v) is 6.76. The molecule has 1 aliphatic rings. The van der Waals surface area contributed by atoms with E-state index in [4.69, 9.17) is 30.5 Å². The lowest BCUT2D eigenvalue weighted by molar-refractivity contribution is -0.695. The summed E-state index contributed by atoms with van der Waals surface area (Å²) >= 11 is 6.36. The Balaban J connectivity index is 1.84. The van der Waals surface area contributed by atoms with Crippen LogP contribution in [0.15, 0.2) is 54.6 Å². The first-order chi connectivity index (χ1) is 18.8. The van der Waals surface area contributed by atoms with Gasteiger partial charge in [-0.1, -0.05) is 11.6 Å². The first kappa shape index (κ1) is 27.8. The van der Waals surface area contributed by atoms with Crippen molar-refractivity contribution in [3.8, 4) is 23.0 Å². The third-order valence-electron chi connectivity index (χ3n) is 6.47. The van der Waals surface area contributed by atoms with E-state index in [0.29, 0.717) is 48.1 Å². The molecule has 3 aromatic rings. The number of ether oxygens (including phenoxy) is 4. The highest BCUT2D eigenvalue weighted by atomic mass is 35.5. The van der Waals surface area contributed by atoms with Gasteiger partial charge in [0.1, 0.15) is 23.9 Å². The number of aromatic nitrogens is 2. The Morgan fingerprint density at radius 1 is 1.08 bits per heavy atom. The van der Waals surface area contributed by atoms with E-state index < -0.39 is 17.7 Å². The molecule has 39 heavy (non-hydrogen) atoms. The van der Waals surface area contributed by atoms with Crippen molar-refractivity contribution < 1.29 is 38.2 Å². The van der Waals surface area contributed by atoms with Crippen LogP contribution in [0.5, 0.6) is 23.0 Å². The third kappa shape index (κ3) is 5.51. The number of nitrogens with one attached hydrogen (secondary N) is 1.